The Labute approximate surface area is 134 Å². The Bertz CT molecular complexity index is 738. The number of nitro benzene ring substituents is 1. The van der Waals surface area contributed by atoms with Crippen LogP contribution in [0.25, 0.3) is 0 Å². The lowest BCUT2D eigenvalue weighted by Crippen LogP contribution is -2.14. The molecule has 0 saturated heterocycles. The lowest BCUT2D eigenvalue weighted by Gasteiger charge is -2.08. The van der Waals surface area contributed by atoms with Crippen molar-refractivity contribution in [3.05, 3.63) is 49.5 Å². The minimum absolute atomic E-state index is 0.0954. The average Bonchev–Trinajstić information content (AvgIpc) is 2.88. The number of nitro groups is 1. The topological polar surface area (TPSA) is 94.4 Å². The fraction of sp³-hybridized carbons (Fsp3) is 0.231. The van der Waals surface area contributed by atoms with Crippen molar-refractivity contribution in [2.45, 2.75) is 13.0 Å². The second-order valence-corrected chi connectivity index (χ2v) is 6.08. The zero-order valence-corrected chi connectivity index (χ0v) is 12.7. The van der Waals surface area contributed by atoms with Crippen molar-refractivity contribution in [3.8, 4) is 0 Å². The minimum atomic E-state index is -0.619. The molecular weight excluding hydrogens is 330 g/mol. The number of hydrogen-bond donors (Lipinski definition) is 1. The fourth-order valence-corrected chi connectivity index (χ4v) is 3.21. The second kappa shape index (κ2) is 5.99. The Balaban J connectivity index is 1.87. The molecule has 22 heavy (non-hydrogen) atoms. The number of rotatable bonds is 3. The maximum atomic E-state index is 12.3. The van der Waals surface area contributed by atoms with Crippen LogP contribution in [-0.4, -0.2) is 22.4 Å². The van der Waals surface area contributed by atoms with Gasteiger partial charge in [0.25, 0.3) is 11.6 Å². The first kappa shape index (κ1) is 14.9. The SMILES string of the molecule is O=C(Nc1nc2c(s1)COCC2)c1cc(Cl)ccc1[N+](=O)[O-]. The number of carbonyl (C=O) groups excluding carboxylic acids is 1. The standard InChI is InChI=1S/C13H10ClN3O4S/c14-7-1-2-10(17(19)20)8(5-7)12(18)16-13-15-9-3-4-21-6-11(9)22-13/h1-2,5H,3-4,6H2,(H,15,16,18). The predicted octanol–water partition coefficient (Wildman–Crippen LogP) is 3.03. The number of thiazole rings is 1. The van der Waals surface area contributed by atoms with Crippen LogP contribution in [0, 0.1) is 10.1 Å². The zero-order chi connectivity index (χ0) is 15.7. The number of anilines is 1. The first-order chi connectivity index (χ1) is 10.5. The first-order valence-corrected chi connectivity index (χ1v) is 7.55. The van der Waals surface area contributed by atoms with E-state index in [-0.39, 0.29) is 16.3 Å². The van der Waals surface area contributed by atoms with Crippen LogP contribution < -0.4 is 5.32 Å². The Morgan fingerprint density at radius 3 is 3.05 bits per heavy atom. The molecule has 7 nitrogen and oxygen atoms in total. The normalized spacial score (nSPS) is 13.5. The Morgan fingerprint density at radius 2 is 2.32 bits per heavy atom. The van der Waals surface area contributed by atoms with E-state index in [4.69, 9.17) is 16.3 Å². The van der Waals surface area contributed by atoms with Crippen molar-refractivity contribution >= 4 is 39.7 Å². The highest BCUT2D eigenvalue weighted by molar-refractivity contribution is 7.15. The number of hydrogen-bond acceptors (Lipinski definition) is 6. The quantitative estimate of drug-likeness (QED) is 0.685. The van der Waals surface area contributed by atoms with Crippen LogP contribution in [0.2, 0.25) is 5.02 Å². The monoisotopic (exact) mass is 339 g/mol. The summed E-state index contributed by atoms with van der Waals surface area (Å²) >= 11 is 7.12. The number of carbonyl (C=O) groups is 1. The summed E-state index contributed by atoms with van der Waals surface area (Å²) < 4.78 is 5.32. The van der Waals surface area contributed by atoms with E-state index in [1.807, 2.05) is 0 Å². The van der Waals surface area contributed by atoms with Gasteiger partial charge < -0.3 is 4.74 Å². The first-order valence-electron chi connectivity index (χ1n) is 6.36. The molecule has 0 fully saturated rings. The largest absolute Gasteiger partial charge is 0.375 e. The summed E-state index contributed by atoms with van der Waals surface area (Å²) in [6.07, 6.45) is 0.693. The van der Waals surface area contributed by atoms with E-state index in [0.717, 1.165) is 10.6 Å². The molecule has 0 bridgehead atoms. The Kier molecular flexibility index (Phi) is 4.06. The summed E-state index contributed by atoms with van der Waals surface area (Å²) in [6.45, 7) is 1.07. The van der Waals surface area contributed by atoms with Crippen LogP contribution in [0.15, 0.2) is 18.2 Å². The van der Waals surface area contributed by atoms with Crippen molar-refractivity contribution < 1.29 is 14.5 Å². The molecule has 0 unspecified atom stereocenters. The van der Waals surface area contributed by atoms with Gasteiger partial charge in [0.1, 0.15) is 5.56 Å². The van der Waals surface area contributed by atoms with E-state index in [1.54, 1.807) is 0 Å². The second-order valence-electron chi connectivity index (χ2n) is 4.56. The number of ether oxygens (including phenoxy) is 1. The number of amides is 1. The molecule has 114 valence electrons. The molecule has 0 atom stereocenters. The molecule has 1 aliphatic heterocycles. The van der Waals surface area contributed by atoms with Crippen molar-refractivity contribution in [3.63, 3.8) is 0 Å². The number of halogens is 1. The molecule has 9 heteroatoms. The van der Waals surface area contributed by atoms with Crippen LogP contribution in [0.5, 0.6) is 0 Å². The van der Waals surface area contributed by atoms with Gasteiger partial charge in [0.2, 0.25) is 0 Å². The van der Waals surface area contributed by atoms with Gasteiger partial charge in [-0.05, 0) is 12.1 Å². The summed E-state index contributed by atoms with van der Waals surface area (Å²) in [4.78, 5) is 27.9. The molecule has 0 spiro atoms. The van der Waals surface area contributed by atoms with Gasteiger partial charge in [-0.2, -0.15) is 0 Å². The third-order valence-electron chi connectivity index (χ3n) is 3.11. The Morgan fingerprint density at radius 1 is 1.50 bits per heavy atom. The number of fused-ring (bicyclic) bond motifs is 1. The molecule has 0 aliphatic carbocycles. The van der Waals surface area contributed by atoms with Crippen LogP contribution in [0.4, 0.5) is 10.8 Å². The van der Waals surface area contributed by atoms with E-state index in [2.05, 4.69) is 10.3 Å². The maximum absolute atomic E-state index is 12.3. The molecule has 0 saturated carbocycles. The van der Waals surface area contributed by atoms with Crippen molar-refractivity contribution in [1.82, 2.24) is 4.98 Å². The van der Waals surface area contributed by atoms with Gasteiger partial charge >= 0.3 is 0 Å². The van der Waals surface area contributed by atoms with Gasteiger partial charge in [-0.15, -0.1) is 0 Å². The molecule has 1 N–H and O–H groups in total. The Hall–Kier alpha value is -2.03. The van der Waals surface area contributed by atoms with Crippen molar-refractivity contribution in [2.24, 2.45) is 0 Å². The van der Waals surface area contributed by atoms with Gasteiger partial charge in [-0.3, -0.25) is 20.2 Å². The van der Waals surface area contributed by atoms with E-state index >= 15 is 0 Å². The summed E-state index contributed by atoms with van der Waals surface area (Å²) in [5, 5.41) is 14.2. The van der Waals surface area contributed by atoms with Gasteiger partial charge in [-0.25, -0.2) is 4.98 Å². The van der Waals surface area contributed by atoms with Gasteiger partial charge in [0.05, 0.1) is 28.7 Å². The number of benzene rings is 1. The third kappa shape index (κ3) is 2.94. The molecule has 2 aromatic rings. The lowest BCUT2D eigenvalue weighted by atomic mass is 10.1. The maximum Gasteiger partial charge on any atom is 0.282 e. The average molecular weight is 340 g/mol. The van der Waals surface area contributed by atoms with Crippen molar-refractivity contribution in [1.29, 1.82) is 0 Å². The van der Waals surface area contributed by atoms with E-state index in [0.29, 0.717) is 24.8 Å². The van der Waals surface area contributed by atoms with E-state index in [9.17, 15) is 14.9 Å². The van der Waals surface area contributed by atoms with E-state index < -0.39 is 10.8 Å². The molecule has 0 radical (unpaired) electrons. The summed E-state index contributed by atoms with van der Waals surface area (Å²) in [5.74, 6) is -0.610. The molecular formula is C13H10ClN3O4S. The minimum Gasteiger partial charge on any atom is -0.375 e. The summed E-state index contributed by atoms with van der Waals surface area (Å²) in [7, 11) is 0. The number of nitrogens with one attached hydrogen (secondary N) is 1. The predicted molar refractivity (Wildman–Crippen MR) is 81.5 cm³/mol. The van der Waals surface area contributed by atoms with Crippen LogP contribution in [0.3, 0.4) is 0 Å². The number of nitrogens with zero attached hydrogens (tertiary/aromatic N) is 2. The van der Waals surface area contributed by atoms with Crippen LogP contribution in [0.1, 0.15) is 20.9 Å². The molecule has 1 amide bonds. The molecule has 3 rings (SSSR count). The summed E-state index contributed by atoms with van der Waals surface area (Å²) in [6, 6.07) is 3.85. The zero-order valence-electron chi connectivity index (χ0n) is 11.2. The molecule has 1 aromatic heterocycles. The van der Waals surface area contributed by atoms with Gasteiger partial charge in [-0.1, -0.05) is 22.9 Å². The lowest BCUT2D eigenvalue weighted by molar-refractivity contribution is -0.385. The third-order valence-corrected chi connectivity index (χ3v) is 4.34. The highest BCUT2D eigenvalue weighted by Crippen LogP contribution is 2.29. The van der Waals surface area contributed by atoms with Gasteiger partial charge in [0, 0.05) is 17.5 Å². The highest BCUT2D eigenvalue weighted by Gasteiger charge is 2.23. The smallest absolute Gasteiger partial charge is 0.282 e. The van der Waals surface area contributed by atoms with Crippen molar-refractivity contribution in [2.75, 3.05) is 11.9 Å². The van der Waals surface area contributed by atoms with Crippen LogP contribution in [-0.2, 0) is 17.8 Å². The number of aromatic nitrogens is 1. The molecule has 1 aliphatic rings. The van der Waals surface area contributed by atoms with Crippen LogP contribution >= 0.6 is 22.9 Å². The summed E-state index contributed by atoms with van der Waals surface area (Å²) in [5.41, 5.74) is 0.501. The molecule has 1 aromatic carbocycles. The van der Waals surface area contributed by atoms with E-state index in [1.165, 1.54) is 29.5 Å². The molecule has 2 heterocycles. The van der Waals surface area contributed by atoms with Gasteiger partial charge in [0.15, 0.2) is 5.13 Å². The highest BCUT2D eigenvalue weighted by atomic mass is 35.5. The fourth-order valence-electron chi connectivity index (χ4n) is 2.09.